The van der Waals surface area contributed by atoms with Crippen LogP contribution in [-0.2, 0) is 4.79 Å². The third kappa shape index (κ3) is 3.21. The van der Waals surface area contributed by atoms with Crippen molar-refractivity contribution in [2.45, 2.75) is 19.3 Å². The summed E-state index contributed by atoms with van der Waals surface area (Å²) in [6.07, 6.45) is 3.55. The van der Waals surface area contributed by atoms with Crippen molar-refractivity contribution in [2.75, 3.05) is 18.0 Å². The molecule has 1 unspecified atom stereocenters. The van der Waals surface area contributed by atoms with E-state index in [-0.39, 0.29) is 12.3 Å². The number of carbonyl (C=O) groups is 2. The van der Waals surface area contributed by atoms with Crippen LogP contribution in [0.4, 0.5) is 5.82 Å². The normalized spacial score (nSPS) is 19.2. The Morgan fingerprint density at radius 2 is 2.32 bits per heavy atom. The van der Waals surface area contributed by atoms with Crippen LogP contribution in [-0.4, -0.2) is 35.1 Å². The molecule has 0 bridgehead atoms. The Kier molecular flexibility index (Phi) is 3.99. The average molecular weight is 263 g/mol. The number of primary amides is 1. The van der Waals surface area contributed by atoms with E-state index in [1.54, 1.807) is 18.3 Å². The molecule has 0 spiro atoms. The van der Waals surface area contributed by atoms with Gasteiger partial charge in [0.2, 0.25) is 0 Å². The summed E-state index contributed by atoms with van der Waals surface area (Å²) in [4.78, 5) is 28.3. The maximum Gasteiger partial charge on any atom is 0.303 e. The number of hydrogen-bond donors (Lipinski definition) is 2. The number of nitrogens with two attached hydrogens (primary N) is 1. The van der Waals surface area contributed by atoms with Gasteiger partial charge in [-0.05, 0) is 30.9 Å². The van der Waals surface area contributed by atoms with Gasteiger partial charge >= 0.3 is 5.97 Å². The third-order valence-corrected chi connectivity index (χ3v) is 3.33. The number of aliphatic carboxylic acids is 1. The summed E-state index contributed by atoms with van der Waals surface area (Å²) in [5, 5.41) is 8.86. The fourth-order valence-electron chi connectivity index (χ4n) is 2.51. The lowest BCUT2D eigenvalue weighted by atomic mass is 9.94. The fourth-order valence-corrected chi connectivity index (χ4v) is 2.51. The van der Waals surface area contributed by atoms with Crippen LogP contribution in [0, 0.1) is 5.92 Å². The van der Waals surface area contributed by atoms with Crippen molar-refractivity contribution >= 4 is 17.7 Å². The first kappa shape index (κ1) is 13.3. The van der Waals surface area contributed by atoms with Crippen molar-refractivity contribution in [1.29, 1.82) is 0 Å². The maximum absolute atomic E-state index is 11.4. The van der Waals surface area contributed by atoms with Gasteiger partial charge in [0, 0.05) is 25.7 Å². The number of pyridine rings is 1. The molecule has 1 aliphatic heterocycles. The average Bonchev–Trinajstić information content (AvgIpc) is 2.38. The standard InChI is InChI=1S/C13H17N3O3/c14-12(19)10-4-1-5-15-13(10)16-6-2-3-9(8-16)7-11(17)18/h1,4-5,9H,2-3,6-8H2,(H2,14,19)(H,17,18). The Balaban J connectivity index is 2.17. The molecule has 1 aromatic rings. The van der Waals surface area contributed by atoms with Gasteiger partial charge in [-0.15, -0.1) is 0 Å². The van der Waals surface area contributed by atoms with Crippen LogP contribution in [0.3, 0.4) is 0 Å². The SMILES string of the molecule is NC(=O)c1cccnc1N1CCCC(CC(=O)O)C1. The summed E-state index contributed by atoms with van der Waals surface area (Å²) < 4.78 is 0. The molecule has 2 rings (SSSR count). The molecule has 3 N–H and O–H groups in total. The molecule has 1 aromatic heterocycles. The molecule has 0 saturated carbocycles. The molecular formula is C13H17N3O3. The van der Waals surface area contributed by atoms with Gasteiger partial charge in [-0.2, -0.15) is 0 Å². The summed E-state index contributed by atoms with van der Waals surface area (Å²) in [5.41, 5.74) is 5.72. The van der Waals surface area contributed by atoms with E-state index < -0.39 is 11.9 Å². The minimum absolute atomic E-state index is 0.0917. The van der Waals surface area contributed by atoms with Crippen molar-refractivity contribution in [1.82, 2.24) is 4.98 Å². The van der Waals surface area contributed by atoms with Gasteiger partial charge in [-0.1, -0.05) is 0 Å². The third-order valence-electron chi connectivity index (χ3n) is 3.33. The first-order valence-electron chi connectivity index (χ1n) is 6.29. The van der Waals surface area contributed by atoms with Crippen LogP contribution >= 0.6 is 0 Å². The molecule has 6 heteroatoms. The Hall–Kier alpha value is -2.11. The zero-order valence-electron chi connectivity index (χ0n) is 10.6. The lowest BCUT2D eigenvalue weighted by Crippen LogP contribution is -2.38. The van der Waals surface area contributed by atoms with Crippen LogP contribution in [0.1, 0.15) is 29.6 Å². The van der Waals surface area contributed by atoms with Crippen LogP contribution in [0.5, 0.6) is 0 Å². The maximum atomic E-state index is 11.4. The predicted molar refractivity (Wildman–Crippen MR) is 69.9 cm³/mol. The van der Waals surface area contributed by atoms with Gasteiger partial charge in [0.1, 0.15) is 5.82 Å². The van der Waals surface area contributed by atoms with E-state index >= 15 is 0 Å². The number of aromatic nitrogens is 1. The van der Waals surface area contributed by atoms with Crippen LogP contribution in [0.15, 0.2) is 18.3 Å². The molecule has 1 amide bonds. The van der Waals surface area contributed by atoms with E-state index in [9.17, 15) is 9.59 Å². The highest BCUT2D eigenvalue weighted by Gasteiger charge is 2.25. The Morgan fingerprint density at radius 1 is 1.53 bits per heavy atom. The van der Waals surface area contributed by atoms with Gasteiger partial charge in [0.15, 0.2) is 0 Å². The Bertz CT molecular complexity index is 490. The number of rotatable bonds is 4. The number of amides is 1. The Labute approximate surface area is 111 Å². The van der Waals surface area contributed by atoms with Gasteiger partial charge in [-0.25, -0.2) is 4.98 Å². The highest BCUT2D eigenvalue weighted by atomic mass is 16.4. The molecule has 1 atom stereocenters. The summed E-state index contributed by atoms with van der Waals surface area (Å²) in [6, 6.07) is 3.31. The fraction of sp³-hybridized carbons (Fsp3) is 0.462. The zero-order valence-corrected chi connectivity index (χ0v) is 10.6. The van der Waals surface area contributed by atoms with Gasteiger partial charge < -0.3 is 15.7 Å². The summed E-state index contributed by atoms with van der Waals surface area (Å²) in [7, 11) is 0. The minimum atomic E-state index is -0.789. The quantitative estimate of drug-likeness (QED) is 0.840. The first-order valence-corrected chi connectivity index (χ1v) is 6.29. The second-order valence-electron chi connectivity index (χ2n) is 4.79. The van der Waals surface area contributed by atoms with Crippen molar-refractivity contribution in [3.63, 3.8) is 0 Å². The van der Waals surface area contributed by atoms with Crippen LogP contribution in [0.25, 0.3) is 0 Å². The molecule has 0 aliphatic carbocycles. The summed E-state index contributed by atoms with van der Waals surface area (Å²) in [5.74, 6) is -0.648. The lowest BCUT2D eigenvalue weighted by Gasteiger charge is -2.33. The van der Waals surface area contributed by atoms with Crippen molar-refractivity contribution in [2.24, 2.45) is 11.7 Å². The highest BCUT2D eigenvalue weighted by Crippen LogP contribution is 2.25. The van der Waals surface area contributed by atoms with E-state index in [1.165, 1.54) is 0 Å². The van der Waals surface area contributed by atoms with Crippen molar-refractivity contribution in [3.05, 3.63) is 23.9 Å². The number of carboxylic acids is 1. The van der Waals surface area contributed by atoms with Gasteiger partial charge in [-0.3, -0.25) is 9.59 Å². The van der Waals surface area contributed by atoms with Crippen molar-refractivity contribution in [3.8, 4) is 0 Å². The second-order valence-corrected chi connectivity index (χ2v) is 4.79. The largest absolute Gasteiger partial charge is 0.481 e. The topological polar surface area (TPSA) is 96.5 Å². The monoisotopic (exact) mass is 263 g/mol. The van der Waals surface area contributed by atoms with E-state index in [4.69, 9.17) is 10.8 Å². The molecule has 0 aromatic carbocycles. The number of carboxylic acid groups (broad SMARTS) is 1. The van der Waals surface area contributed by atoms with E-state index in [2.05, 4.69) is 4.98 Å². The van der Waals surface area contributed by atoms with E-state index in [0.717, 1.165) is 19.4 Å². The Morgan fingerprint density at radius 3 is 3.00 bits per heavy atom. The summed E-state index contributed by atoms with van der Waals surface area (Å²) in [6.45, 7) is 1.37. The predicted octanol–water partition coefficient (Wildman–Crippen LogP) is 0.872. The molecular weight excluding hydrogens is 246 g/mol. The molecule has 19 heavy (non-hydrogen) atoms. The molecule has 2 heterocycles. The number of carbonyl (C=O) groups excluding carboxylic acids is 1. The second kappa shape index (κ2) is 5.69. The molecule has 1 aliphatic rings. The number of nitrogens with zero attached hydrogens (tertiary/aromatic N) is 2. The highest BCUT2D eigenvalue weighted by molar-refractivity contribution is 5.97. The number of hydrogen-bond acceptors (Lipinski definition) is 4. The number of piperidine rings is 1. The van der Waals surface area contributed by atoms with Crippen LogP contribution < -0.4 is 10.6 Å². The molecule has 102 valence electrons. The lowest BCUT2D eigenvalue weighted by molar-refractivity contribution is -0.138. The first-order chi connectivity index (χ1) is 9.08. The van der Waals surface area contributed by atoms with Crippen LogP contribution in [0.2, 0.25) is 0 Å². The smallest absolute Gasteiger partial charge is 0.303 e. The van der Waals surface area contributed by atoms with Gasteiger partial charge in [0.25, 0.3) is 5.91 Å². The minimum Gasteiger partial charge on any atom is -0.481 e. The zero-order chi connectivity index (χ0) is 13.8. The molecule has 6 nitrogen and oxygen atoms in total. The molecule has 1 saturated heterocycles. The number of anilines is 1. The van der Waals surface area contributed by atoms with Crippen molar-refractivity contribution < 1.29 is 14.7 Å². The molecule has 1 fully saturated rings. The van der Waals surface area contributed by atoms with E-state index in [0.29, 0.717) is 17.9 Å². The summed E-state index contributed by atoms with van der Waals surface area (Å²) >= 11 is 0. The van der Waals surface area contributed by atoms with E-state index in [1.807, 2.05) is 4.90 Å². The molecule has 0 radical (unpaired) electrons. The van der Waals surface area contributed by atoms with Gasteiger partial charge in [0.05, 0.1) is 5.56 Å².